The Morgan fingerprint density at radius 2 is 1.65 bits per heavy atom. The third kappa shape index (κ3) is 5.82. The van der Waals surface area contributed by atoms with Crippen LogP contribution < -0.4 is 5.32 Å². The van der Waals surface area contributed by atoms with Crippen molar-refractivity contribution in [3.8, 4) is 11.1 Å². The molecule has 0 aromatic heterocycles. The van der Waals surface area contributed by atoms with Crippen molar-refractivity contribution in [1.82, 2.24) is 5.32 Å². The smallest absolute Gasteiger partial charge is 0.394 e. The summed E-state index contributed by atoms with van der Waals surface area (Å²) in [7, 11) is 0. The van der Waals surface area contributed by atoms with Crippen molar-refractivity contribution in [2.24, 2.45) is 0 Å². The van der Waals surface area contributed by atoms with Crippen LogP contribution in [0.1, 0.15) is 41.7 Å². The second kappa shape index (κ2) is 10.4. The molecule has 0 unspecified atom stereocenters. The maximum absolute atomic E-state index is 13.7. The van der Waals surface area contributed by atoms with Crippen LogP contribution in [0.4, 0.5) is 13.2 Å². The standard InChI is InChI=1S/C28H28F3NO2/c1-19-22(10-7-11-25(19)23-8-5-4-6-9-23)13-14-24-16-21(12-15-26(24)28(29,30)31)17-32-27(3,18-33)20(2)34/h4-16,32-33H,17-18H2,1-3H3/b14-13+/t27-/m0/s1. The zero-order valence-electron chi connectivity index (χ0n) is 19.4. The number of alkyl halides is 3. The first kappa shape index (κ1) is 25.4. The maximum atomic E-state index is 13.7. The van der Waals surface area contributed by atoms with Crippen molar-refractivity contribution >= 4 is 17.9 Å². The van der Waals surface area contributed by atoms with Crippen LogP contribution in [0.3, 0.4) is 0 Å². The molecule has 6 heteroatoms. The number of carbonyl (C=O) groups excluding carboxylic acids is 1. The average molecular weight is 468 g/mol. The summed E-state index contributed by atoms with van der Waals surface area (Å²) in [6, 6.07) is 19.4. The monoisotopic (exact) mass is 467 g/mol. The molecule has 3 nitrogen and oxygen atoms in total. The van der Waals surface area contributed by atoms with Crippen molar-refractivity contribution in [3.63, 3.8) is 0 Å². The second-order valence-electron chi connectivity index (χ2n) is 8.54. The lowest BCUT2D eigenvalue weighted by atomic mass is 9.95. The molecule has 1 atom stereocenters. The fourth-order valence-electron chi connectivity index (χ4n) is 3.65. The number of Topliss-reactive ketones (excluding diaryl/α,β-unsaturated/α-hetero) is 1. The van der Waals surface area contributed by atoms with Crippen molar-refractivity contribution in [2.75, 3.05) is 6.61 Å². The lowest BCUT2D eigenvalue weighted by molar-refractivity contribution is -0.137. The zero-order valence-corrected chi connectivity index (χ0v) is 19.4. The quantitative estimate of drug-likeness (QED) is 0.383. The molecule has 0 bridgehead atoms. The minimum Gasteiger partial charge on any atom is -0.394 e. The van der Waals surface area contributed by atoms with Gasteiger partial charge in [-0.3, -0.25) is 10.1 Å². The van der Waals surface area contributed by atoms with E-state index in [9.17, 15) is 23.1 Å². The average Bonchev–Trinajstić information content (AvgIpc) is 2.81. The van der Waals surface area contributed by atoms with Gasteiger partial charge in [0.05, 0.1) is 17.7 Å². The first-order valence-corrected chi connectivity index (χ1v) is 11.0. The van der Waals surface area contributed by atoms with E-state index in [1.54, 1.807) is 13.0 Å². The Morgan fingerprint density at radius 1 is 0.971 bits per heavy atom. The van der Waals surface area contributed by atoms with E-state index in [0.717, 1.165) is 28.3 Å². The third-order valence-electron chi connectivity index (χ3n) is 6.10. The Bertz CT molecular complexity index is 1190. The number of aliphatic hydroxyl groups is 1. The summed E-state index contributed by atoms with van der Waals surface area (Å²) in [6.45, 7) is 4.59. The molecular formula is C28H28F3NO2. The van der Waals surface area contributed by atoms with Gasteiger partial charge in [-0.15, -0.1) is 0 Å². The highest BCUT2D eigenvalue weighted by Crippen LogP contribution is 2.34. The number of benzene rings is 3. The number of halogens is 3. The van der Waals surface area contributed by atoms with Gasteiger partial charge in [0.25, 0.3) is 0 Å². The van der Waals surface area contributed by atoms with Gasteiger partial charge in [-0.1, -0.05) is 66.7 Å². The molecule has 0 aliphatic heterocycles. The molecular weight excluding hydrogens is 439 g/mol. The molecule has 0 saturated heterocycles. The predicted octanol–water partition coefficient (Wildman–Crippen LogP) is 6.28. The Balaban J connectivity index is 1.95. The van der Waals surface area contributed by atoms with Crippen molar-refractivity contribution in [2.45, 2.75) is 39.0 Å². The number of nitrogens with one attached hydrogen (secondary N) is 1. The fraction of sp³-hybridized carbons (Fsp3) is 0.250. The lowest BCUT2D eigenvalue weighted by Gasteiger charge is -2.26. The molecule has 3 aromatic rings. The molecule has 0 saturated carbocycles. The molecule has 0 aliphatic rings. The number of aliphatic hydroxyl groups excluding tert-OH is 1. The molecule has 34 heavy (non-hydrogen) atoms. The Morgan fingerprint density at radius 3 is 2.26 bits per heavy atom. The van der Waals surface area contributed by atoms with E-state index < -0.39 is 23.9 Å². The van der Waals surface area contributed by atoms with Crippen molar-refractivity contribution in [3.05, 3.63) is 94.5 Å². The number of carbonyl (C=O) groups is 1. The minimum atomic E-state index is -4.51. The van der Waals surface area contributed by atoms with Crippen LogP contribution >= 0.6 is 0 Å². The van der Waals surface area contributed by atoms with E-state index >= 15 is 0 Å². The van der Waals surface area contributed by atoms with Gasteiger partial charge >= 0.3 is 6.18 Å². The fourth-order valence-corrected chi connectivity index (χ4v) is 3.65. The van der Waals surface area contributed by atoms with E-state index in [4.69, 9.17) is 0 Å². The molecule has 0 amide bonds. The van der Waals surface area contributed by atoms with E-state index in [-0.39, 0.29) is 17.9 Å². The van der Waals surface area contributed by atoms with Crippen molar-refractivity contribution < 1.29 is 23.1 Å². The van der Waals surface area contributed by atoms with Gasteiger partial charge in [-0.05, 0) is 66.3 Å². The van der Waals surface area contributed by atoms with E-state index in [1.165, 1.54) is 25.1 Å². The van der Waals surface area contributed by atoms with Gasteiger partial charge in [0, 0.05) is 6.54 Å². The first-order chi connectivity index (χ1) is 16.0. The van der Waals surface area contributed by atoms with E-state index in [1.807, 2.05) is 55.5 Å². The highest BCUT2D eigenvalue weighted by atomic mass is 19.4. The van der Waals surface area contributed by atoms with Gasteiger partial charge in [-0.2, -0.15) is 13.2 Å². The van der Waals surface area contributed by atoms with Gasteiger partial charge in [-0.25, -0.2) is 0 Å². The molecule has 0 spiro atoms. The Hall–Kier alpha value is -3.22. The third-order valence-corrected chi connectivity index (χ3v) is 6.10. The number of hydrogen-bond acceptors (Lipinski definition) is 3. The molecule has 2 N–H and O–H groups in total. The first-order valence-electron chi connectivity index (χ1n) is 11.0. The van der Waals surface area contributed by atoms with E-state index in [0.29, 0.717) is 5.56 Å². The van der Waals surface area contributed by atoms with Crippen LogP contribution in [0, 0.1) is 6.92 Å². The van der Waals surface area contributed by atoms with Crippen LogP contribution in [0.25, 0.3) is 23.3 Å². The Labute approximate surface area is 198 Å². The maximum Gasteiger partial charge on any atom is 0.416 e. The summed E-state index contributed by atoms with van der Waals surface area (Å²) < 4.78 is 41.0. The number of rotatable bonds is 8. The van der Waals surface area contributed by atoms with Crippen molar-refractivity contribution in [1.29, 1.82) is 0 Å². The normalized spacial score (nSPS) is 13.7. The summed E-state index contributed by atoms with van der Waals surface area (Å²) >= 11 is 0. The van der Waals surface area contributed by atoms with Gasteiger partial charge in [0.1, 0.15) is 0 Å². The molecule has 3 rings (SSSR count). The minimum absolute atomic E-state index is 0.0323. The second-order valence-corrected chi connectivity index (χ2v) is 8.54. The zero-order chi connectivity index (χ0) is 24.9. The number of ketones is 1. The van der Waals surface area contributed by atoms with E-state index in [2.05, 4.69) is 5.32 Å². The van der Waals surface area contributed by atoms with Crippen LogP contribution in [0.5, 0.6) is 0 Å². The summed E-state index contributed by atoms with van der Waals surface area (Å²) in [5.41, 5.74) is 2.56. The van der Waals surface area contributed by atoms with Crippen LogP contribution in [0.15, 0.2) is 66.7 Å². The molecule has 0 fully saturated rings. The van der Waals surface area contributed by atoms with Gasteiger partial charge < -0.3 is 5.11 Å². The van der Waals surface area contributed by atoms with Gasteiger partial charge in [0.2, 0.25) is 0 Å². The highest BCUT2D eigenvalue weighted by Gasteiger charge is 2.33. The molecule has 0 radical (unpaired) electrons. The SMILES string of the molecule is CC(=O)[C@](C)(CO)NCc1ccc(C(F)(F)F)c(/C=C/c2cccc(-c3ccccc3)c2C)c1. The summed E-state index contributed by atoms with van der Waals surface area (Å²) in [5.74, 6) is -0.254. The summed E-state index contributed by atoms with van der Waals surface area (Å²) in [6.07, 6.45) is -1.35. The molecule has 3 aromatic carbocycles. The molecule has 0 aliphatic carbocycles. The predicted molar refractivity (Wildman–Crippen MR) is 130 cm³/mol. The van der Waals surface area contributed by atoms with Crippen LogP contribution in [0.2, 0.25) is 0 Å². The highest BCUT2D eigenvalue weighted by molar-refractivity contribution is 5.85. The molecule has 0 heterocycles. The molecule has 178 valence electrons. The number of hydrogen-bond donors (Lipinski definition) is 2. The Kier molecular flexibility index (Phi) is 7.75. The van der Waals surface area contributed by atoms with Crippen LogP contribution in [-0.4, -0.2) is 23.0 Å². The lowest BCUT2D eigenvalue weighted by Crippen LogP contribution is -2.51. The van der Waals surface area contributed by atoms with Gasteiger partial charge in [0.15, 0.2) is 5.78 Å². The summed E-state index contributed by atoms with van der Waals surface area (Å²) in [4.78, 5) is 11.8. The van der Waals surface area contributed by atoms with Crippen LogP contribution in [-0.2, 0) is 17.5 Å². The topological polar surface area (TPSA) is 49.3 Å². The summed E-state index contributed by atoms with van der Waals surface area (Å²) in [5, 5.41) is 12.5. The largest absolute Gasteiger partial charge is 0.416 e.